The van der Waals surface area contributed by atoms with Crippen LogP contribution in [-0.4, -0.2) is 52.8 Å². The van der Waals surface area contributed by atoms with E-state index in [0.29, 0.717) is 6.54 Å². The van der Waals surface area contributed by atoms with Gasteiger partial charge in [-0.3, -0.25) is 9.59 Å². The predicted molar refractivity (Wildman–Crippen MR) is 136 cm³/mol. The van der Waals surface area contributed by atoms with Crippen LogP contribution in [0.15, 0.2) is 18.2 Å². The average Bonchev–Trinajstić information content (AvgIpc) is 2.70. The Balaban J connectivity index is 3.35. The fraction of sp³-hybridized carbons (Fsp3) is 0.640. The third kappa shape index (κ3) is 8.91. The van der Waals surface area contributed by atoms with E-state index in [-0.39, 0.29) is 23.6 Å². The summed E-state index contributed by atoms with van der Waals surface area (Å²) in [6.45, 7) is 15.5. The lowest BCUT2D eigenvalue weighted by Crippen LogP contribution is -2.55. The first-order valence-corrected chi connectivity index (χ1v) is 12.2. The molecule has 33 heavy (non-hydrogen) atoms. The van der Waals surface area contributed by atoms with Crippen LogP contribution in [0.5, 0.6) is 0 Å². The first-order chi connectivity index (χ1) is 15.3. The number of carbonyl (C=O) groups is 3. The number of thiol groups is 1. The van der Waals surface area contributed by atoms with Gasteiger partial charge in [0, 0.05) is 18.3 Å². The molecule has 0 spiro atoms. The molecule has 0 aliphatic rings. The van der Waals surface area contributed by atoms with Gasteiger partial charge in [0.15, 0.2) is 0 Å². The fourth-order valence-electron chi connectivity index (χ4n) is 3.35. The molecule has 0 bridgehead atoms. The molecule has 7 nitrogen and oxygen atoms in total. The van der Waals surface area contributed by atoms with Gasteiger partial charge in [-0.15, -0.1) is 0 Å². The number of nitrogens with one attached hydrogen (secondary N) is 2. The van der Waals surface area contributed by atoms with Gasteiger partial charge in [-0.2, -0.15) is 12.6 Å². The number of amides is 3. The summed E-state index contributed by atoms with van der Waals surface area (Å²) in [4.78, 5) is 40.9. The third-order valence-electron chi connectivity index (χ3n) is 5.19. The zero-order valence-electron chi connectivity index (χ0n) is 21.3. The second-order valence-electron chi connectivity index (χ2n) is 9.61. The van der Waals surface area contributed by atoms with Gasteiger partial charge in [-0.1, -0.05) is 31.5 Å². The summed E-state index contributed by atoms with van der Waals surface area (Å²) in [5, 5.41) is 5.59. The number of alkyl carbamates (subject to hydrolysis) is 1. The van der Waals surface area contributed by atoms with Crippen molar-refractivity contribution in [3.63, 3.8) is 0 Å². The van der Waals surface area contributed by atoms with E-state index in [1.807, 2.05) is 45.9 Å². The lowest BCUT2D eigenvalue weighted by atomic mass is 9.97. The SMILES string of the molecule is CCCCNC(=O)C(c1ccc(C)c(C)c1)N(C(=O)C(CS)NC(=O)OC(C)(C)C)C(C)C. The topological polar surface area (TPSA) is 87.7 Å². The van der Waals surface area contributed by atoms with E-state index in [9.17, 15) is 14.4 Å². The highest BCUT2D eigenvalue weighted by atomic mass is 32.1. The van der Waals surface area contributed by atoms with Crippen molar-refractivity contribution >= 4 is 30.5 Å². The minimum atomic E-state index is -0.942. The Bertz CT molecular complexity index is 820. The molecule has 1 aromatic rings. The van der Waals surface area contributed by atoms with E-state index < -0.39 is 23.8 Å². The number of aryl methyl sites for hydroxylation is 2. The van der Waals surface area contributed by atoms with Crippen LogP contribution in [0.3, 0.4) is 0 Å². The quantitative estimate of drug-likeness (QED) is 0.344. The van der Waals surface area contributed by atoms with Crippen molar-refractivity contribution in [2.24, 2.45) is 0 Å². The van der Waals surface area contributed by atoms with E-state index in [2.05, 4.69) is 30.2 Å². The smallest absolute Gasteiger partial charge is 0.408 e. The molecule has 0 saturated heterocycles. The predicted octanol–water partition coefficient (Wildman–Crippen LogP) is 4.32. The number of carbonyl (C=O) groups excluding carboxylic acids is 3. The van der Waals surface area contributed by atoms with Crippen LogP contribution in [0, 0.1) is 13.8 Å². The maximum absolute atomic E-state index is 13.6. The molecule has 1 aromatic carbocycles. The van der Waals surface area contributed by atoms with Gasteiger partial charge in [-0.25, -0.2) is 4.79 Å². The Morgan fingerprint density at radius 3 is 2.24 bits per heavy atom. The molecule has 0 radical (unpaired) electrons. The molecule has 1 rings (SSSR count). The number of hydrogen-bond donors (Lipinski definition) is 3. The summed E-state index contributed by atoms with van der Waals surface area (Å²) in [7, 11) is 0. The molecule has 0 aliphatic heterocycles. The summed E-state index contributed by atoms with van der Waals surface area (Å²) >= 11 is 4.29. The zero-order chi connectivity index (χ0) is 25.3. The van der Waals surface area contributed by atoms with Crippen molar-refractivity contribution in [3.8, 4) is 0 Å². The molecule has 186 valence electrons. The van der Waals surface area contributed by atoms with Crippen molar-refractivity contribution in [1.29, 1.82) is 0 Å². The normalized spacial score (nSPS) is 13.3. The Morgan fingerprint density at radius 2 is 1.76 bits per heavy atom. The first-order valence-electron chi connectivity index (χ1n) is 11.6. The molecule has 0 heterocycles. The molecule has 8 heteroatoms. The molecule has 2 unspecified atom stereocenters. The molecular formula is C25H41N3O4S. The van der Waals surface area contributed by atoms with E-state index in [4.69, 9.17) is 4.74 Å². The molecule has 0 aliphatic carbocycles. The van der Waals surface area contributed by atoms with Crippen LogP contribution in [0.2, 0.25) is 0 Å². The van der Waals surface area contributed by atoms with Gasteiger partial charge in [0.1, 0.15) is 17.7 Å². The highest BCUT2D eigenvalue weighted by molar-refractivity contribution is 7.80. The van der Waals surface area contributed by atoms with Crippen LogP contribution in [-0.2, 0) is 14.3 Å². The van der Waals surface area contributed by atoms with E-state index >= 15 is 0 Å². The highest BCUT2D eigenvalue weighted by Crippen LogP contribution is 2.27. The molecular weight excluding hydrogens is 438 g/mol. The van der Waals surface area contributed by atoms with Crippen LogP contribution >= 0.6 is 12.6 Å². The second-order valence-corrected chi connectivity index (χ2v) is 9.98. The van der Waals surface area contributed by atoms with Gasteiger partial charge in [0.2, 0.25) is 11.8 Å². The molecule has 2 atom stereocenters. The van der Waals surface area contributed by atoms with Crippen molar-refractivity contribution in [3.05, 3.63) is 34.9 Å². The molecule has 0 fully saturated rings. The van der Waals surface area contributed by atoms with Crippen molar-refractivity contribution in [2.45, 2.75) is 92.0 Å². The zero-order valence-corrected chi connectivity index (χ0v) is 22.2. The Kier molecular flexibility index (Phi) is 11.2. The van der Waals surface area contributed by atoms with Crippen molar-refractivity contribution in [1.82, 2.24) is 15.5 Å². The first kappa shape index (κ1) is 28.8. The average molecular weight is 480 g/mol. The fourth-order valence-corrected chi connectivity index (χ4v) is 3.60. The lowest BCUT2D eigenvalue weighted by Gasteiger charge is -2.37. The number of rotatable bonds is 10. The molecule has 2 N–H and O–H groups in total. The van der Waals surface area contributed by atoms with Gasteiger partial charge in [0.05, 0.1) is 0 Å². The second kappa shape index (κ2) is 12.9. The van der Waals surface area contributed by atoms with E-state index in [1.165, 1.54) is 4.90 Å². The van der Waals surface area contributed by atoms with Crippen LogP contribution in [0.4, 0.5) is 4.79 Å². The van der Waals surface area contributed by atoms with Crippen LogP contribution in [0.25, 0.3) is 0 Å². The summed E-state index contributed by atoms with van der Waals surface area (Å²) in [6.07, 6.45) is 1.09. The minimum Gasteiger partial charge on any atom is -0.444 e. The minimum absolute atomic E-state index is 0.0679. The van der Waals surface area contributed by atoms with Gasteiger partial charge >= 0.3 is 6.09 Å². The third-order valence-corrected chi connectivity index (χ3v) is 5.55. The van der Waals surface area contributed by atoms with Gasteiger partial charge in [0.25, 0.3) is 0 Å². The summed E-state index contributed by atoms with van der Waals surface area (Å²) in [5.41, 5.74) is 2.16. The maximum Gasteiger partial charge on any atom is 0.408 e. The van der Waals surface area contributed by atoms with Gasteiger partial charge < -0.3 is 20.3 Å². The summed E-state index contributed by atoms with van der Waals surface area (Å²) in [5.74, 6) is -0.568. The monoisotopic (exact) mass is 479 g/mol. The van der Waals surface area contributed by atoms with Crippen molar-refractivity contribution in [2.75, 3.05) is 12.3 Å². The van der Waals surface area contributed by atoms with Gasteiger partial charge in [-0.05, 0) is 71.6 Å². The Hall–Kier alpha value is -2.22. The van der Waals surface area contributed by atoms with Crippen LogP contribution < -0.4 is 10.6 Å². The number of nitrogens with zero attached hydrogens (tertiary/aromatic N) is 1. The standard InChI is InChI=1S/C25H41N3O4S/c1-9-10-13-26-22(29)21(19-12-11-17(4)18(5)14-19)28(16(2)3)23(30)20(15-33)27-24(31)32-25(6,7)8/h11-12,14,16,20-21,33H,9-10,13,15H2,1-8H3,(H,26,29)(H,27,31). The number of benzene rings is 1. The highest BCUT2D eigenvalue weighted by Gasteiger charge is 2.37. The Labute approximate surface area is 204 Å². The molecule has 0 saturated carbocycles. The lowest BCUT2D eigenvalue weighted by molar-refractivity contribution is -0.144. The number of ether oxygens (including phenoxy) is 1. The maximum atomic E-state index is 13.6. The van der Waals surface area contributed by atoms with E-state index in [0.717, 1.165) is 29.5 Å². The largest absolute Gasteiger partial charge is 0.444 e. The summed E-state index contributed by atoms with van der Waals surface area (Å²) in [6, 6.07) is 3.70. The van der Waals surface area contributed by atoms with E-state index in [1.54, 1.807) is 20.8 Å². The number of hydrogen-bond acceptors (Lipinski definition) is 5. The summed E-state index contributed by atoms with van der Waals surface area (Å²) < 4.78 is 5.31. The Morgan fingerprint density at radius 1 is 1.12 bits per heavy atom. The van der Waals surface area contributed by atoms with Crippen LogP contribution in [0.1, 0.15) is 77.1 Å². The molecule has 3 amide bonds. The number of unbranched alkanes of at least 4 members (excludes halogenated alkanes) is 1. The van der Waals surface area contributed by atoms with Crippen molar-refractivity contribution < 1.29 is 19.1 Å². The molecule has 0 aromatic heterocycles.